The fourth-order valence-corrected chi connectivity index (χ4v) is 4.71. The average molecular weight is 327 g/mol. The van der Waals surface area contributed by atoms with E-state index in [-0.39, 0.29) is 17.9 Å². The predicted molar refractivity (Wildman–Crippen MR) is 90.3 cm³/mol. The van der Waals surface area contributed by atoms with E-state index in [1.807, 2.05) is 4.90 Å². The maximum absolute atomic E-state index is 13.1. The summed E-state index contributed by atoms with van der Waals surface area (Å²) in [5.74, 6) is 1.50. The number of amides is 2. The van der Waals surface area contributed by atoms with Gasteiger partial charge in [0.05, 0.1) is 5.56 Å². The molecule has 0 N–H and O–H groups in total. The number of carbonyl (C=O) groups is 2. The zero-order valence-corrected chi connectivity index (χ0v) is 14.1. The number of rotatable bonds is 2. The fourth-order valence-electron chi connectivity index (χ4n) is 4.71. The first-order chi connectivity index (χ1) is 11.7. The molecule has 2 aliphatic heterocycles. The molecule has 3 aliphatic rings. The van der Waals surface area contributed by atoms with E-state index < -0.39 is 0 Å². The first kappa shape index (κ1) is 15.6. The molecule has 0 spiro atoms. The minimum Gasteiger partial charge on any atom is -0.340 e. The number of pyridine rings is 1. The third-order valence-corrected chi connectivity index (χ3v) is 6.00. The molecule has 3 fully saturated rings. The number of piperidine rings is 1. The van der Waals surface area contributed by atoms with Crippen LogP contribution in [0.5, 0.6) is 0 Å². The Kier molecular flexibility index (Phi) is 4.25. The Bertz CT molecular complexity index is 606. The van der Waals surface area contributed by atoms with Crippen LogP contribution in [-0.4, -0.2) is 52.3 Å². The molecule has 3 atom stereocenters. The van der Waals surface area contributed by atoms with E-state index in [4.69, 9.17) is 0 Å². The van der Waals surface area contributed by atoms with Gasteiger partial charge in [-0.15, -0.1) is 0 Å². The van der Waals surface area contributed by atoms with E-state index in [1.54, 1.807) is 29.4 Å². The van der Waals surface area contributed by atoms with Crippen molar-refractivity contribution in [2.75, 3.05) is 19.6 Å². The summed E-state index contributed by atoms with van der Waals surface area (Å²) in [5.41, 5.74) is 0.579. The molecule has 4 rings (SSSR count). The monoisotopic (exact) mass is 327 g/mol. The van der Waals surface area contributed by atoms with E-state index >= 15 is 0 Å². The standard InChI is InChI=1S/C19H25N3O2/c23-18(14-7-4-9-20-11-14)22-10-2-1-8-17(22)19(24)21-12-15-5-3-6-16(15)13-21/h4,7,9,11,15-17H,1-3,5-6,8,10,12-13H2/t15-,16+,17-/m0/s1. The Morgan fingerprint density at radius 2 is 1.83 bits per heavy atom. The van der Waals surface area contributed by atoms with Crippen LogP contribution in [0.3, 0.4) is 0 Å². The molecular formula is C19H25N3O2. The van der Waals surface area contributed by atoms with Gasteiger partial charge >= 0.3 is 0 Å². The molecule has 5 nitrogen and oxygen atoms in total. The summed E-state index contributed by atoms with van der Waals surface area (Å²) in [7, 11) is 0. The van der Waals surface area contributed by atoms with Gasteiger partial charge in [0.15, 0.2) is 0 Å². The van der Waals surface area contributed by atoms with Crippen molar-refractivity contribution in [2.24, 2.45) is 11.8 Å². The highest BCUT2D eigenvalue weighted by Crippen LogP contribution is 2.38. The molecule has 2 saturated heterocycles. The largest absolute Gasteiger partial charge is 0.340 e. The van der Waals surface area contributed by atoms with Crippen molar-refractivity contribution in [3.8, 4) is 0 Å². The van der Waals surface area contributed by atoms with Gasteiger partial charge in [-0.25, -0.2) is 0 Å². The second-order valence-electron chi connectivity index (χ2n) is 7.45. The lowest BCUT2D eigenvalue weighted by molar-refractivity contribution is -0.136. The summed E-state index contributed by atoms with van der Waals surface area (Å²) in [6.45, 7) is 2.47. The highest BCUT2D eigenvalue weighted by atomic mass is 16.2. The number of carbonyl (C=O) groups excluding carboxylic acids is 2. The fraction of sp³-hybridized carbons (Fsp3) is 0.632. The number of hydrogen-bond donors (Lipinski definition) is 0. The van der Waals surface area contributed by atoms with Crippen LogP contribution in [0.2, 0.25) is 0 Å². The topological polar surface area (TPSA) is 53.5 Å². The van der Waals surface area contributed by atoms with Crippen LogP contribution < -0.4 is 0 Å². The molecule has 0 bridgehead atoms. The van der Waals surface area contributed by atoms with Crippen LogP contribution in [0.4, 0.5) is 0 Å². The average Bonchev–Trinajstić information content (AvgIpc) is 3.23. The summed E-state index contributed by atoms with van der Waals surface area (Å²) in [4.78, 5) is 33.8. The van der Waals surface area contributed by atoms with Crippen LogP contribution in [0.25, 0.3) is 0 Å². The van der Waals surface area contributed by atoms with Gasteiger partial charge in [0, 0.05) is 32.0 Å². The van der Waals surface area contributed by atoms with Gasteiger partial charge in [-0.3, -0.25) is 14.6 Å². The molecule has 1 aromatic rings. The van der Waals surface area contributed by atoms with Crippen molar-refractivity contribution in [3.63, 3.8) is 0 Å². The summed E-state index contributed by atoms with van der Waals surface area (Å²) in [5, 5.41) is 0. The van der Waals surface area contributed by atoms with Crippen LogP contribution >= 0.6 is 0 Å². The maximum Gasteiger partial charge on any atom is 0.256 e. The molecule has 1 aliphatic carbocycles. The van der Waals surface area contributed by atoms with E-state index in [0.717, 1.165) is 32.4 Å². The van der Waals surface area contributed by atoms with Gasteiger partial charge in [-0.1, -0.05) is 6.42 Å². The molecule has 5 heteroatoms. The highest BCUT2D eigenvalue weighted by molar-refractivity contribution is 5.97. The minimum atomic E-state index is -0.287. The lowest BCUT2D eigenvalue weighted by atomic mass is 9.99. The first-order valence-electron chi connectivity index (χ1n) is 9.24. The third kappa shape index (κ3) is 2.80. The summed E-state index contributed by atoms with van der Waals surface area (Å²) in [6.07, 6.45) is 9.88. The second kappa shape index (κ2) is 6.54. The van der Waals surface area contributed by atoms with Crippen LogP contribution in [0.1, 0.15) is 48.9 Å². The Labute approximate surface area is 143 Å². The zero-order chi connectivity index (χ0) is 16.5. The third-order valence-electron chi connectivity index (χ3n) is 6.00. The van der Waals surface area contributed by atoms with Crippen molar-refractivity contribution in [1.29, 1.82) is 0 Å². The molecule has 0 aromatic carbocycles. The minimum absolute atomic E-state index is 0.0551. The second-order valence-corrected chi connectivity index (χ2v) is 7.45. The number of aromatic nitrogens is 1. The van der Waals surface area contributed by atoms with E-state index in [1.165, 1.54) is 19.3 Å². The van der Waals surface area contributed by atoms with Crippen molar-refractivity contribution in [2.45, 2.75) is 44.6 Å². The Morgan fingerprint density at radius 1 is 1.04 bits per heavy atom. The number of nitrogens with zero attached hydrogens (tertiary/aromatic N) is 3. The molecule has 2 amide bonds. The normalized spacial score (nSPS) is 29.6. The Balaban J connectivity index is 1.50. The van der Waals surface area contributed by atoms with E-state index in [2.05, 4.69) is 4.98 Å². The molecule has 0 unspecified atom stereocenters. The molecule has 128 valence electrons. The summed E-state index contributed by atoms with van der Waals surface area (Å²) in [6, 6.07) is 3.27. The van der Waals surface area contributed by atoms with Gasteiger partial charge in [-0.2, -0.15) is 0 Å². The van der Waals surface area contributed by atoms with Gasteiger partial charge in [-0.05, 0) is 56.1 Å². The number of hydrogen-bond acceptors (Lipinski definition) is 3. The first-order valence-corrected chi connectivity index (χ1v) is 9.24. The Morgan fingerprint density at radius 3 is 2.54 bits per heavy atom. The lowest BCUT2D eigenvalue weighted by Gasteiger charge is -2.37. The Hall–Kier alpha value is -1.91. The molecule has 0 radical (unpaired) electrons. The summed E-state index contributed by atoms with van der Waals surface area (Å²) < 4.78 is 0. The number of fused-ring (bicyclic) bond motifs is 1. The van der Waals surface area contributed by atoms with Crippen LogP contribution in [0.15, 0.2) is 24.5 Å². The van der Waals surface area contributed by atoms with Crippen molar-refractivity contribution in [3.05, 3.63) is 30.1 Å². The van der Waals surface area contributed by atoms with Crippen molar-refractivity contribution >= 4 is 11.8 Å². The number of likely N-dealkylation sites (tertiary alicyclic amines) is 2. The smallest absolute Gasteiger partial charge is 0.256 e. The molecule has 1 aromatic heterocycles. The molecule has 24 heavy (non-hydrogen) atoms. The SMILES string of the molecule is O=C([C@@H]1CCCCN1C(=O)c1cccnc1)N1C[C@H]2CCC[C@H]2C1. The lowest BCUT2D eigenvalue weighted by Crippen LogP contribution is -2.52. The quantitative estimate of drug-likeness (QED) is 0.838. The van der Waals surface area contributed by atoms with Crippen molar-refractivity contribution < 1.29 is 9.59 Å². The van der Waals surface area contributed by atoms with E-state index in [9.17, 15) is 9.59 Å². The van der Waals surface area contributed by atoms with Gasteiger partial charge in [0.25, 0.3) is 5.91 Å². The highest BCUT2D eigenvalue weighted by Gasteiger charge is 2.42. The van der Waals surface area contributed by atoms with Gasteiger partial charge in [0.1, 0.15) is 6.04 Å². The van der Waals surface area contributed by atoms with Crippen molar-refractivity contribution in [1.82, 2.24) is 14.8 Å². The summed E-state index contributed by atoms with van der Waals surface area (Å²) >= 11 is 0. The van der Waals surface area contributed by atoms with Crippen LogP contribution in [0, 0.1) is 11.8 Å². The van der Waals surface area contributed by atoms with Gasteiger partial charge < -0.3 is 9.80 Å². The van der Waals surface area contributed by atoms with Crippen LogP contribution in [-0.2, 0) is 4.79 Å². The molecule has 3 heterocycles. The van der Waals surface area contributed by atoms with E-state index in [0.29, 0.717) is 23.9 Å². The zero-order valence-electron chi connectivity index (χ0n) is 14.1. The van der Waals surface area contributed by atoms with Gasteiger partial charge in [0.2, 0.25) is 5.91 Å². The molecular weight excluding hydrogens is 302 g/mol. The molecule has 1 saturated carbocycles. The maximum atomic E-state index is 13.1. The predicted octanol–water partition coefficient (Wildman–Crippen LogP) is 2.33.